The van der Waals surface area contributed by atoms with Crippen LogP contribution in [0.3, 0.4) is 0 Å². The van der Waals surface area contributed by atoms with Gasteiger partial charge in [0.15, 0.2) is 0 Å². The largest absolute Gasteiger partial charge is 0.475 e. The maximum atomic E-state index is 12.3. The summed E-state index contributed by atoms with van der Waals surface area (Å²) in [6, 6.07) is 10.4. The van der Waals surface area contributed by atoms with Crippen LogP contribution in [-0.2, 0) is 16.0 Å². The fourth-order valence-corrected chi connectivity index (χ4v) is 2.68. The van der Waals surface area contributed by atoms with Gasteiger partial charge in [0.1, 0.15) is 18.2 Å². The van der Waals surface area contributed by atoms with E-state index in [1.807, 2.05) is 13.0 Å². The van der Waals surface area contributed by atoms with Crippen LogP contribution in [0.1, 0.15) is 18.9 Å². The van der Waals surface area contributed by atoms with E-state index in [4.69, 9.17) is 10.00 Å². The number of amides is 2. The second-order valence-electron chi connectivity index (χ2n) is 6.29. The van der Waals surface area contributed by atoms with Gasteiger partial charge in [-0.1, -0.05) is 49.9 Å². The van der Waals surface area contributed by atoms with Crippen LogP contribution in [0.25, 0.3) is 0 Å². The fraction of sp³-hybridized carbons (Fsp3) is 0.350. The Hall–Kier alpha value is -3.09. The van der Waals surface area contributed by atoms with E-state index in [0.717, 1.165) is 5.56 Å². The van der Waals surface area contributed by atoms with Gasteiger partial charge in [-0.2, -0.15) is 5.26 Å². The number of benzene rings is 1. The molecule has 0 aliphatic carbocycles. The van der Waals surface area contributed by atoms with Crippen LogP contribution in [0.5, 0.6) is 0 Å². The number of alkyl carbamates (subject to hydrolysis) is 1. The first kappa shape index (κ1) is 24.0. The topological polar surface area (TPSA) is 123 Å². The number of hydrogen-bond donors (Lipinski definition) is 3. The molecule has 1 aromatic carbocycles. The molecule has 0 saturated heterocycles. The maximum absolute atomic E-state index is 12.3. The third-order valence-corrected chi connectivity index (χ3v) is 4.27. The zero-order valence-corrected chi connectivity index (χ0v) is 16.5. The van der Waals surface area contributed by atoms with E-state index >= 15 is 0 Å². The summed E-state index contributed by atoms with van der Waals surface area (Å²) in [4.78, 5) is 25.7. The highest BCUT2D eigenvalue weighted by Crippen LogP contribution is 2.10. The van der Waals surface area contributed by atoms with E-state index in [9.17, 15) is 19.6 Å². The highest BCUT2D eigenvalue weighted by Gasteiger charge is 2.27. The molecule has 0 radical (unpaired) electrons. The molecule has 29 heavy (non-hydrogen) atoms. The summed E-state index contributed by atoms with van der Waals surface area (Å²) in [6.45, 7) is 8.84. The van der Waals surface area contributed by atoms with E-state index in [1.54, 1.807) is 36.4 Å². The Bertz CT molecular complexity index is 748. The third kappa shape index (κ3) is 7.82. The monoisotopic (exact) mass is 399 g/mol. The molecule has 1 rings (SSSR count). The van der Waals surface area contributed by atoms with Gasteiger partial charge in [0.05, 0.1) is 12.5 Å². The predicted octanol–water partition coefficient (Wildman–Crippen LogP) is 1.21. The molecule has 0 spiro atoms. The molecule has 0 fully saturated rings. The minimum atomic E-state index is -1.77. The number of nitrogens with one attached hydrogen (secondary N) is 1. The van der Waals surface area contributed by atoms with E-state index in [1.165, 1.54) is 4.90 Å². The lowest BCUT2D eigenvalue weighted by molar-refractivity contribution is -0.128. The molecule has 1 aromatic rings. The number of hydrogen-bond acceptors (Lipinski definition) is 6. The Morgan fingerprint density at radius 2 is 2.03 bits per heavy atom. The lowest BCUT2D eigenvalue weighted by Crippen LogP contribution is -2.48. The molecular weight excluding hydrogens is 373 g/mol. The van der Waals surface area contributed by atoms with Crippen LogP contribution >= 0.6 is 0 Å². The lowest BCUT2D eigenvalue weighted by Gasteiger charge is -2.28. The molecule has 0 saturated carbocycles. The number of carbonyl (C=O) groups is 2. The predicted molar refractivity (Wildman–Crippen MR) is 109 cm³/mol. The highest BCUT2D eigenvalue weighted by atomic mass is 16.5. The first-order valence-corrected chi connectivity index (χ1v) is 9.19. The molecular formula is C20H26BN3O5. The zero-order valence-electron chi connectivity index (χ0n) is 16.5. The van der Waals surface area contributed by atoms with E-state index in [-0.39, 0.29) is 31.2 Å². The van der Waals surface area contributed by atoms with E-state index < -0.39 is 25.1 Å². The van der Waals surface area contributed by atoms with Gasteiger partial charge in [0.2, 0.25) is 0 Å². The SMILES string of the molecule is C=CC(CC)N(CCOC(=O)N[C@@H](Cc1ccccc1)B(O)O)C(=O)C(=C)C#N. The fourth-order valence-electron chi connectivity index (χ4n) is 2.68. The van der Waals surface area contributed by atoms with E-state index in [0.29, 0.717) is 6.42 Å². The number of nitriles is 1. The Balaban J connectivity index is 2.65. The van der Waals surface area contributed by atoms with Crippen LogP contribution in [-0.4, -0.2) is 59.2 Å². The maximum Gasteiger partial charge on any atom is 0.475 e. The van der Waals surface area contributed by atoms with Crippen LogP contribution in [0.15, 0.2) is 55.1 Å². The van der Waals surface area contributed by atoms with Gasteiger partial charge in [-0.15, -0.1) is 6.58 Å². The Kier molecular flexibility index (Phi) is 10.2. The van der Waals surface area contributed by atoms with Gasteiger partial charge in [-0.25, -0.2) is 4.79 Å². The molecule has 0 aliphatic heterocycles. The van der Waals surface area contributed by atoms with E-state index in [2.05, 4.69) is 18.5 Å². The van der Waals surface area contributed by atoms with Crippen molar-refractivity contribution in [2.75, 3.05) is 13.2 Å². The Morgan fingerprint density at radius 3 is 2.55 bits per heavy atom. The summed E-state index contributed by atoms with van der Waals surface area (Å²) in [6.07, 6.45) is 1.49. The Morgan fingerprint density at radius 1 is 1.38 bits per heavy atom. The van der Waals surface area contributed by atoms with Gasteiger partial charge in [-0.05, 0) is 18.4 Å². The standard InChI is InChI=1S/C20H26BN3O5/c1-4-17(5-2)24(19(25)15(3)14-22)11-12-29-20(26)23-18(21(27)28)13-16-9-7-6-8-10-16/h4,6-10,17-18,27-28H,1,3,5,11-13H2,2H3,(H,23,26)/t17?,18-/m0/s1. The number of carbonyl (C=O) groups excluding carboxylic acids is 2. The van der Waals surface area contributed by atoms with Crippen molar-refractivity contribution in [3.8, 4) is 6.07 Å². The molecule has 154 valence electrons. The first-order chi connectivity index (χ1) is 13.8. The lowest BCUT2D eigenvalue weighted by atomic mass is 9.76. The summed E-state index contributed by atoms with van der Waals surface area (Å²) in [7, 11) is -1.77. The number of ether oxygens (including phenoxy) is 1. The average Bonchev–Trinajstić information content (AvgIpc) is 2.72. The van der Waals surface area contributed by atoms with Crippen LogP contribution in [0.4, 0.5) is 4.79 Å². The van der Waals surface area contributed by atoms with Crippen molar-refractivity contribution in [2.24, 2.45) is 0 Å². The third-order valence-electron chi connectivity index (χ3n) is 4.27. The molecule has 0 aromatic heterocycles. The Labute approximate surface area is 171 Å². The second-order valence-corrected chi connectivity index (χ2v) is 6.29. The molecule has 2 atom stereocenters. The normalized spacial score (nSPS) is 12.1. The smallest absolute Gasteiger partial charge is 0.448 e. The minimum absolute atomic E-state index is 0.0303. The number of rotatable bonds is 11. The van der Waals surface area contributed by atoms with Gasteiger partial charge in [-0.3, -0.25) is 4.79 Å². The molecule has 8 nitrogen and oxygen atoms in total. The molecule has 3 N–H and O–H groups in total. The molecule has 1 unspecified atom stereocenters. The van der Waals surface area contributed by atoms with Crippen molar-refractivity contribution >= 4 is 19.1 Å². The first-order valence-electron chi connectivity index (χ1n) is 9.19. The van der Waals surface area contributed by atoms with Crippen molar-refractivity contribution in [2.45, 2.75) is 31.7 Å². The summed E-state index contributed by atoms with van der Waals surface area (Å²) >= 11 is 0. The zero-order chi connectivity index (χ0) is 21.8. The average molecular weight is 399 g/mol. The summed E-state index contributed by atoms with van der Waals surface area (Å²) in [5.74, 6) is -1.52. The molecule has 0 aliphatic rings. The van der Waals surface area contributed by atoms with Crippen LogP contribution in [0, 0.1) is 11.3 Å². The second kappa shape index (κ2) is 12.4. The molecule has 0 heterocycles. The van der Waals surface area contributed by atoms with Gasteiger partial charge >= 0.3 is 13.2 Å². The summed E-state index contributed by atoms with van der Waals surface area (Å²) in [5.41, 5.74) is 0.593. The van der Waals surface area contributed by atoms with Gasteiger partial charge in [0.25, 0.3) is 5.91 Å². The van der Waals surface area contributed by atoms with Crippen LogP contribution in [0.2, 0.25) is 0 Å². The number of nitrogens with zero attached hydrogens (tertiary/aromatic N) is 2. The molecule has 0 bridgehead atoms. The van der Waals surface area contributed by atoms with Crippen molar-refractivity contribution in [3.05, 3.63) is 60.7 Å². The summed E-state index contributed by atoms with van der Waals surface area (Å²) < 4.78 is 5.08. The van der Waals surface area contributed by atoms with Crippen molar-refractivity contribution in [1.82, 2.24) is 10.2 Å². The molecule has 9 heteroatoms. The molecule has 2 amide bonds. The minimum Gasteiger partial charge on any atom is -0.448 e. The highest BCUT2D eigenvalue weighted by molar-refractivity contribution is 6.43. The van der Waals surface area contributed by atoms with Gasteiger partial charge in [0, 0.05) is 6.04 Å². The van der Waals surface area contributed by atoms with Crippen LogP contribution < -0.4 is 5.32 Å². The van der Waals surface area contributed by atoms with Crippen molar-refractivity contribution < 1.29 is 24.4 Å². The van der Waals surface area contributed by atoms with Gasteiger partial charge < -0.3 is 25.0 Å². The quantitative estimate of drug-likeness (QED) is 0.223. The van der Waals surface area contributed by atoms with Crippen molar-refractivity contribution in [1.29, 1.82) is 5.26 Å². The van der Waals surface area contributed by atoms with Crippen molar-refractivity contribution in [3.63, 3.8) is 0 Å². The summed E-state index contributed by atoms with van der Waals surface area (Å²) in [5, 5.41) is 30.3.